The van der Waals surface area contributed by atoms with Crippen LogP contribution >= 0.6 is 11.6 Å². The van der Waals surface area contributed by atoms with Crippen LogP contribution in [0.2, 0.25) is 5.02 Å². The molecule has 0 fully saturated rings. The van der Waals surface area contributed by atoms with Crippen LogP contribution < -0.4 is 15.8 Å². The Balaban J connectivity index is 1.94. The summed E-state index contributed by atoms with van der Waals surface area (Å²) in [6.07, 6.45) is 0. The SMILES string of the molecule is Cc1ccc(OCC(=O)Nc2ccccc2N)c(Cl)c1. The number of rotatable bonds is 4. The molecule has 0 saturated carbocycles. The number of nitrogen functional groups attached to an aromatic ring is 1. The van der Waals surface area contributed by atoms with Crippen LogP contribution in [0.1, 0.15) is 5.56 Å². The van der Waals surface area contributed by atoms with E-state index >= 15 is 0 Å². The van der Waals surface area contributed by atoms with E-state index in [-0.39, 0.29) is 12.5 Å². The summed E-state index contributed by atoms with van der Waals surface area (Å²) in [5, 5.41) is 3.16. The number of benzene rings is 2. The molecule has 0 bridgehead atoms. The molecule has 4 nitrogen and oxygen atoms in total. The first-order valence-corrected chi connectivity index (χ1v) is 6.47. The van der Waals surface area contributed by atoms with Gasteiger partial charge >= 0.3 is 0 Å². The molecule has 0 unspecified atom stereocenters. The third-order valence-electron chi connectivity index (χ3n) is 2.68. The van der Waals surface area contributed by atoms with Crippen LogP contribution in [0, 0.1) is 6.92 Å². The number of amides is 1. The van der Waals surface area contributed by atoms with Crippen molar-refractivity contribution in [1.82, 2.24) is 0 Å². The van der Waals surface area contributed by atoms with Gasteiger partial charge in [-0.2, -0.15) is 0 Å². The average molecular weight is 291 g/mol. The molecule has 2 rings (SSSR count). The largest absolute Gasteiger partial charge is 0.482 e. The fourth-order valence-electron chi connectivity index (χ4n) is 1.66. The maximum absolute atomic E-state index is 11.8. The molecule has 0 aliphatic rings. The molecule has 104 valence electrons. The summed E-state index contributed by atoms with van der Waals surface area (Å²) in [7, 11) is 0. The number of carbonyl (C=O) groups excluding carboxylic acids is 1. The molecule has 0 saturated heterocycles. The number of ether oxygens (including phenoxy) is 1. The Morgan fingerprint density at radius 1 is 1.30 bits per heavy atom. The normalized spacial score (nSPS) is 10.1. The summed E-state index contributed by atoms with van der Waals surface area (Å²) in [6, 6.07) is 12.4. The summed E-state index contributed by atoms with van der Waals surface area (Å²) in [6.45, 7) is 1.80. The lowest BCUT2D eigenvalue weighted by molar-refractivity contribution is -0.118. The highest BCUT2D eigenvalue weighted by molar-refractivity contribution is 6.32. The highest BCUT2D eigenvalue weighted by atomic mass is 35.5. The molecule has 1 amide bonds. The molecule has 0 atom stereocenters. The van der Waals surface area contributed by atoms with Crippen LogP contribution in [0.5, 0.6) is 5.75 Å². The third-order valence-corrected chi connectivity index (χ3v) is 2.98. The lowest BCUT2D eigenvalue weighted by atomic mass is 10.2. The van der Waals surface area contributed by atoms with Crippen molar-refractivity contribution in [2.45, 2.75) is 6.92 Å². The van der Waals surface area contributed by atoms with Gasteiger partial charge in [-0.1, -0.05) is 29.8 Å². The summed E-state index contributed by atoms with van der Waals surface area (Å²) >= 11 is 6.02. The third kappa shape index (κ3) is 3.65. The van der Waals surface area contributed by atoms with Crippen LogP contribution in [0.25, 0.3) is 0 Å². The summed E-state index contributed by atoms with van der Waals surface area (Å²) in [4.78, 5) is 11.8. The summed E-state index contributed by atoms with van der Waals surface area (Å²) in [5.74, 6) is 0.188. The second-order valence-corrected chi connectivity index (χ2v) is 4.77. The average Bonchev–Trinajstić information content (AvgIpc) is 2.40. The predicted molar refractivity (Wildman–Crippen MR) is 81.2 cm³/mol. The molecule has 2 aromatic carbocycles. The number of halogens is 1. The van der Waals surface area contributed by atoms with Crippen molar-refractivity contribution in [1.29, 1.82) is 0 Å². The van der Waals surface area contributed by atoms with Crippen molar-refractivity contribution in [2.75, 3.05) is 17.7 Å². The van der Waals surface area contributed by atoms with E-state index in [0.29, 0.717) is 22.1 Å². The summed E-state index contributed by atoms with van der Waals surface area (Å²) in [5.41, 5.74) is 7.85. The molecular weight excluding hydrogens is 276 g/mol. The van der Waals surface area contributed by atoms with Crippen LogP contribution in [-0.2, 0) is 4.79 Å². The molecule has 3 N–H and O–H groups in total. The van der Waals surface area contributed by atoms with Gasteiger partial charge in [0.2, 0.25) is 0 Å². The molecule has 0 spiro atoms. The Hall–Kier alpha value is -2.20. The van der Waals surface area contributed by atoms with Gasteiger partial charge in [0.25, 0.3) is 5.91 Å². The van der Waals surface area contributed by atoms with Gasteiger partial charge in [-0.15, -0.1) is 0 Å². The number of aryl methyl sites for hydroxylation is 1. The van der Waals surface area contributed by atoms with Gasteiger partial charge in [0, 0.05) is 0 Å². The second kappa shape index (κ2) is 6.30. The Morgan fingerprint density at radius 2 is 2.05 bits per heavy atom. The van der Waals surface area contributed by atoms with Gasteiger partial charge in [0.1, 0.15) is 5.75 Å². The van der Waals surface area contributed by atoms with Gasteiger partial charge < -0.3 is 15.8 Å². The second-order valence-electron chi connectivity index (χ2n) is 4.36. The number of nitrogens with two attached hydrogens (primary N) is 1. The van der Waals surface area contributed by atoms with Crippen LogP contribution in [0.15, 0.2) is 42.5 Å². The predicted octanol–water partition coefficient (Wildman–Crippen LogP) is 3.25. The Kier molecular flexibility index (Phi) is 4.48. The molecule has 0 aromatic heterocycles. The standard InChI is InChI=1S/C15H15ClN2O2/c1-10-6-7-14(11(16)8-10)20-9-15(19)18-13-5-3-2-4-12(13)17/h2-8H,9,17H2,1H3,(H,18,19). The molecule has 2 aromatic rings. The van der Waals surface area contributed by atoms with Gasteiger partial charge in [0.05, 0.1) is 16.4 Å². The minimum Gasteiger partial charge on any atom is -0.482 e. The zero-order valence-corrected chi connectivity index (χ0v) is 11.8. The van der Waals surface area contributed by atoms with Crippen LogP contribution in [0.3, 0.4) is 0 Å². The van der Waals surface area contributed by atoms with Crippen molar-refractivity contribution < 1.29 is 9.53 Å². The first kappa shape index (κ1) is 14.2. The molecule has 0 radical (unpaired) electrons. The Bertz CT molecular complexity index is 629. The van der Waals surface area contributed by atoms with E-state index < -0.39 is 0 Å². The molecule has 0 aliphatic carbocycles. The number of hydrogen-bond donors (Lipinski definition) is 2. The molecule has 5 heteroatoms. The summed E-state index contributed by atoms with van der Waals surface area (Å²) < 4.78 is 5.38. The minimum absolute atomic E-state index is 0.128. The number of carbonyl (C=O) groups is 1. The monoisotopic (exact) mass is 290 g/mol. The van der Waals surface area contributed by atoms with Gasteiger partial charge in [-0.25, -0.2) is 0 Å². The maximum Gasteiger partial charge on any atom is 0.262 e. The number of para-hydroxylation sites is 2. The van der Waals surface area contributed by atoms with E-state index in [9.17, 15) is 4.79 Å². The smallest absolute Gasteiger partial charge is 0.262 e. The Morgan fingerprint density at radius 3 is 2.75 bits per heavy atom. The fraction of sp³-hybridized carbons (Fsp3) is 0.133. The van der Waals surface area contributed by atoms with E-state index in [1.165, 1.54) is 0 Å². The van der Waals surface area contributed by atoms with Gasteiger partial charge in [0.15, 0.2) is 6.61 Å². The van der Waals surface area contributed by atoms with Crippen LogP contribution in [0.4, 0.5) is 11.4 Å². The Labute approximate surface area is 122 Å². The van der Waals surface area contributed by atoms with Gasteiger partial charge in [-0.3, -0.25) is 4.79 Å². The topological polar surface area (TPSA) is 64.3 Å². The van der Waals surface area contributed by atoms with Gasteiger partial charge in [-0.05, 0) is 36.8 Å². The number of hydrogen-bond acceptors (Lipinski definition) is 3. The van der Waals surface area contributed by atoms with Crippen molar-refractivity contribution in [3.63, 3.8) is 0 Å². The fourth-order valence-corrected chi connectivity index (χ4v) is 1.95. The van der Waals surface area contributed by atoms with Crippen molar-refractivity contribution >= 4 is 28.9 Å². The highest BCUT2D eigenvalue weighted by Gasteiger charge is 2.07. The van der Waals surface area contributed by atoms with Crippen molar-refractivity contribution in [3.05, 3.63) is 53.1 Å². The van der Waals surface area contributed by atoms with Crippen LogP contribution in [-0.4, -0.2) is 12.5 Å². The lowest BCUT2D eigenvalue weighted by Crippen LogP contribution is -2.20. The zero-order chi connectivity index (χ0) is 14.5. The number of anilines is 2. The first-order valence-electron chi connectivity index (χ1n) is 6.09. The van der Waals surface area contributed by atoms with E-state index in [1.807, 2.05) is 13.0 Å². The molecule has 0 aliphatic heterocycles. The van der Waals surface area contributed by atoms with Crippen molar-refractivity contribution in [3.8, 4) is 5.75 Å². The maximum atomic E-state index is 11.8. The quantitative estimate of drug-likeness (QED) is 0.850. The zero-order valence-electron chi connectivity index (χ0n) is 11.0. The molecule has 20 heavy (non-hydrogen) atoms. The van der Waals surface area contributed by atoms with E-state index in [2.05, 4.69) is 5.32 Å². The van der Waals surface area contributed by atoms with E-state index in [4.69, 9.17) is 22.1 Å². The van der Waals surface area contributed by atoms with E-state index in [1.54, 1.807) is 36.4 Å². The van der Waals surface area contributed by atoms with E-state index in [0.717, 1.165) is 5.56 Å². The first-order chi connectivity index (χ1) is 9.56. The minimum atomic E-state index is -0.292. The highest BCUT2D eigenvalue weighted by Crippen LogP contribution is 2.25. The van der Waals surface area contributed by atoms with Crippen molar-refractivity contribution in [2.24, 2.45) is 0 Å². The molecule has 0 heterocycles. The lowest BCUT2D eigenvalue weighted by Gasteiger charge is -2.10. The molecular formula is C15H15ClN2O2. The number of nitrogens with one attached hydrogen (secondary N) is 1.